The van der Waals surface area contributed by atoms with Crippen LogP contribution in [-0.2, 0) is 0 Å². The minimum Gasteiger partial charge on any atom is -0.360 e. The second kappa shape index (κ2) is 6.27. The number of anilines is 3. The highest BCUT2D eigenvalue weighted by Gasteiger charge is 2.07. The normalized spacial score (nSPS) is 10.3. The van der Waals surface area contributed by atoms with Crippen LogP contribution < -0.4 is 10.6 Å². The Hall–Kier alpha value is -3.22. The molecule has 2 aromatic heterocycles. The van der Waals surface area contributed by atoms with Gasteiger partial charge in [-0.3, -0.25) is 4.79 Å². The molecule has 0 bridgehead atoms. The van der Waals surface area contributed by atoms with Crippen LogP contribution in [0.15, 0.2) is 53.2 Å². The Kier molecular flexibility index (Phi) is 4.01. The number of amides is 1. The monoisotopic (exact) mass is 312 g/mol. The van der Waals surface area contributed by atoms with Gasteiger partial charge in [0.15, 0.2) is 5.82 Å². The average molecular weight is 312 g/mol. The quantitative estimate of drug-likeness (QED) is 0.770. The Morgan fingerprint density at radius 2 is 1.91 bits per heavy atom. The van der Waals surface area contributed by atoms with E-state index in [9.17, 15) is 9.18 Å². The molecular formula is C16H13FN4O2. The molecule has 0 atom stereocenters. The molecule has 0 radical (unpaired) electrons. The summed E-state index contributed by atoms with van der Waals surface area (Å²) in [6.45, 7) is 1.79. The summed E-state index contributed by atoms with van der Waals surface area (Å²) >= 11 is 0. The van der Waals surface area contributed by atoms with Crippen molar-refractivity contribution >= 4 is 23.2 Å². The number of rotatable bonds is 4. The van der Waals surface area contributed by atoms with Crippen LogP contribution in [-0.4, -0.2) is 16.0 Å². The van der Waals surface area contributed by atoms with Crippen molar-refractivity contribution in [1.29, 1.82) is 0 Å². The second-order valence-electron chi connectivity index (χ2n) is 4.84. The maximum absolute atomic E-state index is 12.8. The molecule has 6 nitrogen and oxygen atoms in total. The summed E-state index contributed by atoms with van der Waals surface area (Å²) in [5, 5.41) is 9.46. The van der Waals surface area contributed by atoms with Gasteiger partial charge in [0.2, 0.25) is 0 Å². The van der Waals surface area contributed by atoms with E-state index in [1.165, 1.54) is 30.5 Å². The lowest BCUT2D eigenvalue weighted by Crippen LogP contribution is -2.12. The van der Waals surface area contributed by atoms with Crippen LogP contribution in [0.4, 0.5) is 21.7 Å². The average Bonchev–Trinajstić information content (AvgIpc) is 2.95. The van der Waals surface area contributed by atoms with Crippen molar-refractivity contribution in [2.24, 2.45) is 0 Å². The highest BCUT2D eigenvalue weighted by atomic mass is 19.1. The van der Waals surface area contributed by atoms with Gasteiger partial charge in [-0.25, -0.2) is 9.37 Å². The van der Waals surface area contributed by atoms with Gasteiger partial charge in [-0.2, -0.15) is 0 Å². The number of carbonyl (C=O) groups excluding carboxylic acids is 1. The maximum Gasteiger partial charge on any atom is 0.255 e. The molecule has 23 heavy (non-hydrogen) atoms. The zero-order chi connectivity index (χ0) is 16.2. The van der Waals surface area contributed by atoms with Gasteiger partial charge >= 0.3 is 0 Å². The van der Waals surface area contributed by atoms with E-state index < -0.39 is 0 Å². The summed E-state index contributed by atoms with van der Waals surface area (Å²) in [5.41, 5.74) is 0.896. The van der Waals surface area contributed by atoms with Crippen molar-refractivity contribution in [3.05, 3.63) is 65.8 Å². The zero-order valence-corrected chi connectivity index (χ0v) is 12.2. The van der Waals surface area contributed by atoms with Crippen LogP contribution in [0, 0.1) is 12.7 Å². The number of pyridine rings is 1. The smallest absolute Gasteiger partial charge is 0.255 e. The summed E-state index contributed by atoms with van der Waals surface area (Å²) in [6.07, 6.45) is 1.51. The van der Waals surface area contributed by atoms with Crippen LogP contribution in [0.3, 0.4) is 0 Å². The summed E-state index contributed by atoms with van der Waals surface area (Å²) in [5.74, 6) is 1.09. The highest BCUT2D eigenvalue weighted by Crippen LogP contribution is 2.16. The van der Waals surface area contributed by atoms with Crippen molar-refractivity contribution < 1.29 is 13.7 Å². The highest BCUT2D eigenvalue weighted by molar-refractivity contribution is 6.04. The number of aromatic nitrogens is 2. The SMILES string of the molecule is Cc1cc(Nc2ccc(NC(=O)c3ccc(F)cc3)cn2)no1. The third-order valence-corrected chi connectivity index (χ3v) is 3.01. The fraction of sp³-hybridized carbons (Fsp3) is 0.0625. The molecule has 0 fully saturated rings. The number of carbonyl (C=O) groups is 1. The summed E-state index contributed by atoms with van der Waals surface area (Å²) in [4.78, 5) is 16.2. The van der Waals surface area contributed by atoms with Crippen LogP contribution in [0.1, 0.15) is 16.1 Å². The van der Waals surface area contributed by atoms with E-state index in [0.717, 1.165) is 0 Å². The van der Waals surface area contributed by atoms with Gasteiger partial charge in [0.1, 0.15) is 17.4 Å². The van der Waals surface area contributed by atoms with E-state index in [-0.39, 0.29) is 11.7 Å². The van der Waals surface area contributed by atoms with Crippen LogP contribution in [0.5, 0.6) is 0 Å². The van der Waals surface area contributed by atoms with Crippen LogP contribution in [0.25, 0.3) is 0 Å². The van der Waals surface area contributed by atoms with Gasteiger partial charge in [0.05, 0.1) is 11.9 Å². The molecule has 7 heteroatoms. The Morgan fingerprint density at radius 3 is 2.52 bits per heavy atom. The van der Waals surface area contributed by atoms with Crippen molar-refractivity contribution in [3.8, 4) is 0 Å². The van der Waals surface area contributed by atoms with Gasteiger partial charge in [-0.15, -0.1) is 0 Å². The molecular weight excluding hydrogens is 299 g/mol. The number of nitrogens with one attached hydrogen (secondary N) is 2. The first kappa shape index (κ1) is 14.7. The lowest BCUT2D eigenvalue weighted by molar-refractivity contribution is 0.102. The van der Waals surface area contributed by atoms with E-state index in [1.807, 2.05) is 0 Å². The fourth-order valence-electron chi connectivity index (χ4n) is 1.90. The molecule has 0 aliphatic carbocycles. The molecule has 1 aromatic carbocycles. The lowest BCUT2D eigenvalue weighted by Gasteiger charge is -2.06. The number of hydrogen-bond donors (Lipinski definition) is 2. The number of benzene rings is 1. The summed E-state index contributed by atoms with van der Waals surface area (Å²) < 4.78 is 17.8. The van der Waals surface area contributed by atoms with Crippen molar-refractivity contribution in [2.75, 3.05) is 10.6 Å². The molecule has 3 aromatic rings. The van der Waals surface area contributed by atoms with Crippen LogP contribution >= 0.6 is 0 Å². The molecule has 0 aliphatic heterocycles. The topological polar surface area (TPSA) is 80.0 Å². The Morgan fingerprint density at radius 1 is 1.13 bits per heavy atom. The summed E-state index contributed by atoms with van der Waals surface area (Å²) in [7, 11) is 0. The first-order valence-corrected chi connectivity index (χ1v) is 6.83. The first-order valence-electron chi connectivity index (χ1n) is 6.83. The molecule has 0 unspecified atom stereocenters. The molecule has 116 valence electrons. The predicted octanol–water partition coefficient (Wildman–Crippen LogP) is 3.51. The maximum atomic E-state index is 12.8. The Labute approximate surface area is 131 Å². The molecule has 0 spiro atoms. The number of halogens is 1. The van der Waals surface area contributed by atoms with Gasteiger partial charge in [0, 0.05) is 11.6 Å². The van der Waals surface area contributed by atoms with Crippen molar-refractivity contribution in [3.63, 3.8) is 0 Å². The lowest BCUT2D eigenvalue weighted by atomic mass is 10.2. The second-order valence-corrected chi connectivity index (χ2v) is 4.84. The molecule has 0 saturated heterocycles. The van der Waals surface area contributed by atoms with E-state index >= 15 is 0 Å². The molecule has 0 aliphatic rings. The van der Waals surface area contributed by atoms with Gasteiger partial charge in [-0.05, 0) is 43.3 Å². The molecule has 0 saturated carbocycles. The largest absolute Gasteiger partial charge is 0.360 e. The third-order valence-electron chi connectivity index (χ3n) is 3.01. The molecule has 1 amide bonds. The number of nitrogens with zero attached hydrogens (tertiary/aromatic N) is 2. The van der Waals surface area contributed by atoms with Gasteiger partial charge in [0.25, 0.3) is 5.91 Å². The van der Waals surface area contributed by atoms with Gasteiger partial charge in [-0.1, -0.05) is 5.16 Å². The third kappa shape index (κ3) is 3.70. The number of aryl methyl sites for hydroxylation is 1. The first-order chi connectivity index (χ1) is 11.1. The minimum atomic E-state index is -0.387. The summed E-state index contributed by atoms with van der Waals surface area (Å²) in [6, 6.07) is 10.4. The van der Waals surface area contributed by atoms with E-state index in [0.29, 0.717) is 28.6 Å². The van der Waals surface area contributed by atoms with Crippen LogP contribution in [0.2, 0.25) is 0 Å². The predicted molar refractivity (Wildman–Crippen MR) is 83.1 cm³/mol. The zero-order valence-electron chi connectivity index (χ0n) is 12.2. The van der Waals surface area contributed by atoms with E-state index in [2.05, 4.69) is 20.8 Å². The standard InChI is InChI=1S/C16H13FN4O2/c1-10-8-15(21-23-10)20-14-7-6-13(9-18-14)19-16(22)11-2-4-12(17)5-3-11/h2-9H,1H3,(H,19,22)(H,18,20,21). The minimum absolute atomic E-state index is 0.334. The number of hydrogen-bond acceptors (Lipinski definition) is 5. The molecule has 2 heterocycles. The Balaban J connectivity index is 1.65. The molecule has 3 rings (SSSR count). The molecule has 2 N–H and O–H groups in total. The van der Waals surface area contributed by atoms with Gasteiger partial charge < -0.3 is 15.2 Å². The van der Waals surface area contributed by atoms with Crippen molar-refractivity contribution in [2.45, 2.75) is 6.92 Å². The Bertz CT molecular complexity index is 813. The van der Waals surface area contributed by atoms with E-state index in [4.69, 9.17) is 4.52 Å². The fourth-order valence-corrected chi connectivity index (χ4v) is 1.90. The van der Waals surface area contributed by atoms with Crippen molar-refractivity contribution in [1.82, 2.24) is 10.1 Å². The van der Waals surface area contributed by atoms with E-state index in [1.54, 1.807) is 25.1 Å².